The Hall–Kier alpha value is -1.88. The van der Waals surface area contributed by atoms with E-state index in [0.717, 1.165) is 37.0 Å². The predicted molar refractivity (Wildman–Crippen MR) is 79.4 cm³/mol. The first-order chi connectivity index (χ1) is 10.1. The van der Waals surface area contributed by atoms with Crippen molar-refractivity contribution < 1.29 is 15.0 Å². The lowest BCUT2D eigenvalue weighted by Crippen LogP contribution is -2.28. The molecule has 0 aliphatic heterocycles. The van der Waals surface area contributed by atoms with Gasteiger partial charge in [0.15, 0.2) is 0 Å². The molecule has 0 spiro atoms. The minimum Gasteiger partial charge on any atom is -0.478 e. The number of imidazole rings is 1. The molecule has 1 heterocycles. The van der Waals surface area contributed by atoms with Crippen LogP contribution in [0.5, 0.6) is 0 Å². The topological polar surface area (TPSA) is 75.3 Å². The molecule has 0 bridgehead atoms. The van der Waals surface area contributed by atoms with E-state index in [1.165, 1.54) is 0 Å². The van der Waals surface area contributed by atoms with Crippen LogP contribution in [0.1, 0.15) is 41.9 Å². The van der Waals surface area contributed by atoms with Gasteiger partial charge in [0.2, 0.25) is 0 Å². The van der Waals surface area contributed by atoms with Crippen molar-refractivity contribution in [2.75, 3.05) is 0 Å². The summed E-state index contributed by atoms with van der Waals surface area (Å²) < 4.78 is 2.04. The number of fused-ring (bicyclic) bond motifs is 1. The van der Waals surface area contributed by atoms with E-state index < -0.39 is 5.97 Å². The molecular weight excluding hydrogens is 268 g/mol. The van der Waals surface area contributed by atoms with Crippen LogP contribution in [0.4, 0.5) is 0 Å². The minimum atomic E-state index is -0.956. The number of para-hydroxylation sites is 1. The van der Waals surface area contributed by atoms with Gasteiger partial charge in [0.1, 0.15) is 11.3 Å². The highest BCUT2D eigenvalue weighted by Gasteiger charge is 2.25. The number of aromatic carboxylic acids is 1. The highest BCUT2D eigenvalue weighted by atomic mass is 16.4. The Morgan fingerprint density at radius 3 is 2.86 bits per heavy atom. The maximum Gasteiger partial charge on any atom is 0.337 e. The number of carboxylic acid groups (broad SMARTS) is 1. The summed E-state index contributed by atoms with van der Waals surface area (Å²) in [6.45, 7) is 2.59. The van der Waals surface area contributed by atoms with Gasteiger partial charge in [-0.2, -0.15) is 0 Å². The van der Waals surface area contributed by atoms with Crippen LogP contribution < -0.4 is 0 Å². The smallest absolute Gasteiger partial charge is 0.337 e. The molecule has 0 radical (unpaired) electrons. The second-order valence-corrected chi connectivity index (χ2v) is 5.86. The quantitative estimate of drug-likeness (QED) is 0.910. The SMILES string of the molecule is Cc1nc2c(C(=O)O)cccc2n1CC1CCCCC1O. The van der Waals surface area contributed by atoms with Crippen LogP contribution in [-0.4, -0.2) is 31.8 Å². The summed E-state index contributed by atoms with van der Waals surface area (Å²) in [5.74, 6) is 0.0720. The van der Waals surface area contributed by atoms with Gasteiger partial charge in [-0.3, -0.25) is 0 Å². The van der Waals surface area contributed by atoms with Crippen molar-refractivity contribution in [3.63, 3.8) is 0 Å². The third-order valence-corrected chi connectivity index (χ3v) is 4.49. The fourth-order valence-corrected chi connectivity index (χ4v) is 3.30. The molecule has 5 nitrogen and oxygen atoms in total. The van der Waals surface area contributed by atoms with E-state index in [-0.39, 0.29) is 17.6 Å². The maximum absolute atomic E-state index is 11.3. The van der Waals surface area contributed by atoms with Gasteiger partial charge in [-0.05, 0) is 31.9 Å². The number of nitrogens with zero attached hydrogens (tertiary/aromatic N) is 2. The van der Waals surface area contributed by atoms with Gasteiger partial charge in [-0.1, -0.05) is 18.9 Å². The average Bonchev–Trinajstić information content (AvgIpc) is 2.77. The van der Waals surface area contributed by atoms with Crippen LogP contribution in [-0.2, 0) is 6.54 Å². The molecule has 2 unspecified atom stereocenters. The number of hydrogen-bond donors (Lipinski definition) is 2. The number of rotatable bonds is 3. The molecule has 2 aromatic rings. The maximum atomic E-state index is 11.3. The lowest BCUT2D eigenvalue weighted by molar-refractivity contribution is 0.0609. The number of hydrogen-bond acceptors (Lipinski definition) is 3. The summed E-state index contributed by atoms with van der Waals surface area (Å²) in [5.41, 5.74) is 1.61. The number of aromatic nitrogens is 2. The van der Waals surface area contributed by atoms with E-state index in [1.807, 2.05) is 17.6 Å². The molecule has 5 heteroatoms. The molecule has 1 aromatic carbocycles. The number of carboxylic acids is 1. The van der Waals surface area contributed by atoms with Crippen molar-refractivity contribution in [3.05, 3.63) is 29.6 Å². The molecule has 1 saturated carbocycles. The Bertz CT molecular complexity index is 677. The van der Waals surface area contributed by atoms with E-state index in [4.69, 9.17) is 0 Å². The van der Waals surface area contributed by atoms with Gasteiger partial charge in [-0.15, -0.1) is 0 Å². The van der Waals surface area contributed by atoms with E-state index in [0.29, 0.717) is 12.1 Å². The van der Waals surface area contributed by atoms with Gasteiger partial charge >= 0.3 is 5.97 Å². The number of aliphatic hydroxyl groups is 1. The van der Waals surface area contributed by atoms with Gasteiger partial charge in [0, 0.05) is 12.5 Å². The van der Waals surface area contributed by atoms with E-state index in [9.17, 15) is 15.0 Å². The molecule has 0 saturated heterocycles. The van der Waals surface area contributed by atoms with Crippen LogP contribution in [0, 0.1) is 12.8 Å². The lowest BCUT2D eigenvalue weighted by Gasteiger charge is -2.28. The Morgan fingerprint density at radius 2 is 2.14 bits per heavy atom. The van der Waals surface area contributed by atoms with Crippen LogP contribution in [0.2, 0.25) is 0 Å². The standard InChI is InChI=1S/C16H20N2O3/c1-10-17-15-12(16(20)21)6-4-7-13(15)18(10)9-11-5-2-3-8-14(11)19/h4,6-7,11,14,19H,2-3,5,8-9H2,1H3,(H,20,21). The molecule has 112 valence electrons. The highest BCUT2D eigenvalue weighted by Crippen LogP contribution is 2.28. The van der Waals surface area contributed by atoms with E-state index >= 15 is 0 Å². The van der Waals surface area contributed by atoms with Crippen LogP contribution >= 0.6 is 0 Å². The van der Waals surface area contributed by atoms with Gasteiger partial charge in [0.25, 0.3) is 0 Å². The molecule has 1 aromatic heterocycles. The zero-order chi connectivity index (χ0) is 15.0. The normalized spacial score (nSPS) is 22.6. The van der Waals surface area contributed by atoms with Crippen molar-refractivity contribution in [2.45, 2.75) is 45.3 Å². The van der Waals surface area contributed by atoms with E-state index in [1.54, 1.807) is 12.1 Å². The molecule has 3 rings (SSSR count). The van der Waals surface area contributed by atoms with Crippen molar-refractivity contribution in [3.8, 4) is 0 Å². The first-order valence-electron chi connectivity index (χ1n) is 7.45. The summed E-state index contributed by atoms with van der Waals surface area (Å²) >= 11 is 0. The fraction of sp³-hybridized carbons (Fsp3) is 0.500. The summed E-state index contributed by atoms with van der Waals surface area (Å²) in [4.78, 5) is 15.7. The number of carbonyl (C=O) groups is 1. The van der Waals surface area contributed by atoms with E-state index in [2.05, 4.69) is 4.98 Å². The largest absolute Gasteiger partial charge is 0.478 e. The molecular formula is C16H20N2O3. The molecule has 0 amide bonds. The van der Waals surface area contributed by atoms with Crippen molar-refractivity contribution in [1.82, 2.24) is 9.55 Å². The number of aliphatic hydroxyl groups excluding tert-OH is 1. The van der Waals surface area contributed by atoms with Crippen LogP contribution in [0.3, 0.4) is 0 Å². The Morgan fingerprint density at radius 1 is 1.38 bits per heavy atom. The first-order valence-corrected chi connectivity index (χ1v) is 7.45. The monoisotopic (exact) mass is 288 g/mol. The Labute approximate surface area is 123 Å². The van der Waals surface area contributed by atoms with Gasteiger partial charge in [-0.25, -0.2) is 9.78 Å². The van der Waals surface area contributed by atoms with Gasteiger partial charge in [0.05, 0.1) is 17.2 Å². The summed E-state index contributed by atoms with van der Waals surface area (Å²) in [5, 5.41) is 19.4. The third kappa shape index (κ3) is 2.53. The van der Waals surface area contributed by atoms with Crippen LogP contribution in [0.25, 0.3) is 11.0 Å². The van der Waals surface area contributed by atoms with Gasteiger partial charge < -0.3 is 14.8 Å². The molecule has 1 aliphatic rings. The average molecular weight is 288 g/mol. The van der Waals surface area contributed by atoms with Crippen LogP contribution in [0.15, 0.2) is 18.2 Å². The van der Waals surface area contributed by atoms with Crippen molar-refractivity contribution in [1.29, 1.82) is 0 Å². The predicted octanol–water partition coefficient (Wildman–Crippen LogP) is 2.59. The third-order valence-electron chi connectivity index (χ3n) is 4.49. The first kappa shape index (κ1) is 14.1. The minimum absolute atomic E-state index is 0.225. The zero-order valence-corrected chi connectivity index (χ0v) is 12.1. The highest BCUT2D eigenvalue weighted by molar-refractivity contribution is 6.01. The molecule has 21 heavy (non-hydrogen) atoms. The second kappa shape index (κ2) is 5.48. The number of benzene rings is 1. The summed E-state index contributed by atoms with van der Waals surface area (Å²) in [6, 6.07) is 5.23. The summed E-state index contributed by atoms with van der Waals surface area (Å²) in [6.07, 6.45) is 3.84. The lowest BCUT2D eigenvalue weighted by atomic mass is 9.86. The number of aryl methyl sites for hydroxylation is 1. The Balaban J connectivity index is 2.00. The second-order valence-electron chi connectivity index (χ2n) is 5.86. The molecule has 2 atom stereocenters. The Kier molecular flexibility index (Phi) is 3.68. The molecule has 1 aliphatic carbocycles. The van der Waals surface area contributed by atoms with Crippen molar-refractivity contribution >= 4 is 17.0 Å². The molecule has 2 N–H and O–H groups in total. The molecule has 1 fully saturated rings. The fourth-order valence-electron chi connectivity index (χ4n) is 3.30. The summed E-state index contributed by atoms with van der Waals surface area (Å²) in [7, 11) is 0. The van der Waals surface area contributed by atoms with Crippen molar-refractivity contribution in [2.24, 2.45) is 5.92 Å². The zero-order valence-electron chi connectivity index (χ0n) is 12.1.